The van der Waals surface area contributed by atoms with Crippen LogP contribution >= 0.6 is 0 Å². The molecule has 10 heteroatoms. The van der Waals surface area contributed by atoms with E-state index >= 15 is 0 Å². The van der Waals surface area contributed by atoms with Crippen LogP contribution in [0.25, 0.3) is 0 Å². The lowest BCUT2D eigenvalue weighted by atomic mass is 9.96. The minimum Gasteiger partial charge on any atom is -0.480 e. The first-order chi connectivity index (χ1) is 11.7. The van der Waals surface area contributed by atoms with Crippen LogP contribution < -0.4 is 5.73 Å². The Bertz CT molecular complexity index is 579. The van der Waals surface area contributed by atoms with Gasteiger partial charge in [-0.25, -0.2) is 9.59 Å². The Labute approximate surface area is 149 Å². The third-order valence-electron chi connectivity index (χ3n) is 5.53. The van der Waals surface area contributed by atoms with Crippen molar-refractivity contribution < 1.29 is 37.8 Å². The molecule has 150 valence electrons. The van der Waals surface area contributed by atoms with Crippen molar-refractivity contribution in [2.24, 2.45) is 28.9 Å². The SMILES string of the molecule is CC[C@@H](C)[C@H](N)C(=O)N1C[C@H]2[C@@H]([C@H]1C(=O)O)C2(C)C.O=C(O)C(F)(F)F. The molecular formula is C16H25F3N2O5. The summed E-state index contributed by atoms with van der Waals surface area (Å²) in [5.74, 6) is -3.40. The van der Waals surface area contributed by atoms with Gasteiger partial charge in [-0.15, -0.1) is 0 Å². The molecule has 0 aromatic heterocycles. The molecule has 7 nitrogen and oxygen atoms in total. The molecule has 0 bridgehead atoms. The molecular weight excluding hydrogens is 357 g/mol. The molecule has 0 aromatic carbocycles. The minimum atomic E-state index is -5.08. The van der Waals surface area contributed by atoms with Crippen molar-refractivity contribution in [3.8, 4) is 0 Å². The Kier molecular flexibility index (Phi) is 6.33. The average molecular weight is 382 g/mol. The van der Waals surface area contributed by atoms with Crippen molar-refractivity contribution in [3.05, 3.63) is 0 Å². The van der Waals surface area contributed by atoms with Crippen molar-refractivity contribution in [2.75, 3.05) is 6.54 Å². The van der Waals surface area contributed by atoms with E-state index in [2.05, 4.69) is 13.8 Å². The van der Waals surface area contributed by atoms with Crippen LogP contribution in [0.2, 0.25) is 0 Å². The molecule has 1 saturated carbocycles. The van der Waals surface area contributed by atoms with Crippen LogP contribution in [0.4, 0.5) is 13.2 Å². The van der Waals surface area contributed by atoms with Gasteiger partial charge in [-0.2, -0.15) is 13.2 Å². The van der Waals surface area contributed by atoms with Gasteiger partial charge in [-0.05, 0) is 17.3 Å². The maximum Gasteiger partial charge on any atom is 0.490 e. The summed E-state index contributed by atoms with van der Waals surface area (Å²) in [5, 5.41) is 16.5. The normalized spacial score (nSPS) is 28.3. The number of nitrogens with two attached hydrogens (primary N) is 1. The monoisotopic (exact) mass is 382 g/mol. The number of carbonyl (C=O) groups excluding carboxylic acids is 1. The Balaban J connectivity index is 0.000000412. The van der Waals surface area contributed by atoms with Crippen molar-refractivity contribution in [3.63, 3.8) is 0 Å². The number of hydrogen-bond donors (Lipinski definition) is 3. The van der Waals surface area contributed by atoms with Gasteiger partial charge in [0.1, 0.15) is 6.04 Å². The van der Waals surface area contributed by atoms with Gasteiger partial charge in [-0.1, -0.05) is 34.1 Å². The molecule has 2 aliphatic rings. The zero-order valence-electron chi connectivity index (χ0n) is 15.1. The summed E-state index contributed by atoms with van der Waals surface area (Å²) in [6, 6.07) is -1.28. The number of halogens is 3. The zero-order valence-corrected chi connectivity index (χ0v) is 15.1. The minimum absolute atomic E-state index is 0.0420. The zero-order chi connectivity index (χ0) is 20.6. The predicted octanol–water partition coefficient (Wildman–Crippen LogP) is 1.56. The molecule has 1 heterocycles. The fraction of sp³-hybridized carbons (Fsp3) is 0.812. The third-order valence-corrected chi connectivity index (χ3v) is 5.53. The topological polar surface area (TPSA) is 121 Å². The van der Waals surface area contributed by atoms with Crippen LogP contribution in [-0.2, 0) is 14.4 Å². The molecule has 5 atom stereocenters. The fourth-order valence-electron chi connectivity index (χ4n) is 3.48. The van der Waals surface area contributed by atoms with E-state index in [1.165, 1.54) is 4.90 Å². The smallest absolute Gasteiger partial charge is 0.480 e. The van der Waals surface area contributed by atoms with Gasteiger partial charge in [0.2, 0.25) is 5.91 Å². The van der Waals surface area contributed by atoms with E-state index in [1.807, 2.05) is 13.8 Å². The summed E-state index contributed by atoms with van der Waals surface area (Å²) in [6.07, 6.45) is -4.27. The second-order valence-electron chi connectivity index (χ2n) is 7.44. The molecule has 26 heavy (non-hydrogen) atoms. The van der Waals surface area contributed by atoms with Gasteiger partial charge in [-0.3, -0.25) is 4.79 Å². The van der Waals surface area contributed by atoms with E-state index in [0.717, 1.165) is 6.42 Å². The van der Waals surface area contributed by atoms with Gasteiger partial charge < -0.3 is 20.8 Å². The summed E-state index contributed by atoms with van der Waals surface area (Å²) in [6.45, 7) is 8.61. The summed E-state index contributed by atoms with van der Waals surface area (Å²) < 4.78 is 31.7. The Morgan fingerprint density at radius 3 is 2.08 bits per heavy atom. The summed E-state index contributed by atoms with van der Waals surface area (Å²) >= 11 is 0. The van der Waals surface area contributed by atoms with Crippen LogP contribution in [0.1, 0.15) is 34.1 Å². The summed E-state index contributed by atoms with van der Waals surface area (Å²) in [5.41, 5.74) is 6.00. The van der Waals surface area contributed by atoms with Crippen molar-refractivity contribution >= 4 is 17.8 Å². The first kappa shape index (κ1) is 22.2. The van der Waals surface area contributed by atoms with E-state index in [1.54, 1.807) is 0 Å². The van der Waals surface area contributed by atoms with E-state index in [4.69, 9.17) is 15.6 Å². The number of piperidine rings is 1. The van der Waals surface area contributed by atoms with E-state index < -0.39 is 30.2 Å². The first-order valence-electron chi connectivity index (χ1n) is 8.26. The number of likely N-dealkylation sites (tertiary alicyclic amines) is 1. The highest BCUT2D eigenvalue weighted by Gasteiger charge is 2.69. The number of aliphatic carboxylic acids is 2. The molecule has 0 unspecified atom stereocenters. The van der Waals surface area contributed by atoms with Gasteiger partial charge in [0, 0.05) is 12.5 Å². The lowest BCUT2D eigenvalue weighted by Crippen LogP contribution is -2.53. The van der Waals surface area contributed by atoms with Crippen LogP contribution in [0.15, 0.2) is 0 Å². The number of nitrogens with zero attached hydrogens (tertiary/aromatic N) is 1. The number of carboxylic acids is 2. The number of hydrogen-bond acceptors (Lipinski definition) is 4. The molecule has 2 fully saturated rings. The van der Waals surface area contributed by atoms with Crippen LogP contribution in [0.5, 0.6) is 0 Å². The highest BCUT2D eigenvalue weighted by atomic mass is 19.4. The molecule has 0 radical (unpaired) electrons. The highest BCUT2D eigenvalue weighted by Crippen LogP contribution is 2.64. The number of amides is 1. The molecule has 1 aliphatic heterocycles. The molecule has 1 amide bonds. The van der Waals surface area contributed by atoms with Crippen molar-refractivity contribution in [1.82, 2.24) is 4.90 Å². The van der Waals surface area contributed by atoms with E-state index in [-0.39, 0.29) is 23.2 Å². The third kappa shape index (κ3) is 4.28. The summed E-state index contributed by atoms with van der Waals surface area (Å²) in [7, 11) is 0. The highest BCUT2D eigenvalue weighted by molar-refractivity contribution is 5.88. The number of rotatable bonds is 4. The van der Waals surface area contributed by atoms with Crippen LogP contribution in [0.3, 0.4) is 0 Å². The quantitative estimate of drug-likeness (QED) is 0.679. The maximum absolute atomic E-state index is 12.4. The maximum atomic E-state index is 12.4. The van der Waals surface area contributed by atoms with E-state index in [0.29, 0.717) is 12.5 Å². The van der Waals surface area contributed by atoms with Gasteiger partial charge >= 0.3 is 18.1 Å². The Morgan fingerprint density at radius 2 is 1.73 bits per heavy atom. The van der Waals surface area contributed by atoms with Crippen LogP contribution in [-0.4, -0.2) is 57.8 Å². The van der Waals surface area contributed by atoms with Gasteiger partial charge in [0.25, 0.3) is 0 Å². The van der Waals surface area contributed by atoms with Gasteiger partial charge in [0.15, 0.2) is 0 Å². The predicted molar refractivity (Wildman–Crippen MR) is 85.0 cm³/mol. The average Bonchev–Trinajstić information content (AvgIpc) is 2.89. The van der Waals surface area contributed by atoms with E-state index in [9.17, 15) is 27.9 Å². The molecule has 1 saturated heterocycles. The number of carboxylic acid groups (broad SMARTS) is 2. The Hall–Kier alpha value is -1.84. The first-order valence-corrected chi connectivity index (χ1v) is 8.26. The number of alkyl halides is 3. The molecule has 0 spiro atoms. The standard InChI is InChI=1S/C14H24N2O3.C2HF3O2/c1-5-7(2)10(15)12(17)16-6-8-9(14(8,3)4)11(16)13(18)19;3-2(4,5)1(6)7/h7-11H,5-6,15H2,1-4H3,(H,18,19);(H,6,7)/t7-,8+,9+,10+,11+;/m1./s1. The largest absolute Gasteiger partial charge is 0.490 e. The molecule has 1 aliphatic carbocycles. The van der Waals surface area contributed by atoms with Gasteiger partial charge in [0.05, 0.1) is 6.04 Å². The summed E-state index contributed by atoms with van der Waals surface area (Å²) in [4.78, 5) is 34.2. The van der Waals surface area contributed by atoms with Crippen molar-refractivity contribution in [1.29, 1.82) is 0 Å². The fourth-order valence-corrected chi connectivity index (χ4v) is 3.48. The molecule has 2 rings (SSSR count). The van der Waals surface area contributed by atoms with Crippen LogP contribution in [0, 0.1) is 23.2 Å². The number of carbonyl (C=O) groups is 3. The lowest BCUT2D eigenvalue weighted by Gasteiger charge is -2.31. The molecule has 0 aromatic rings. The second kappa shape index (κ2) is 7.42. The molecule has 4 N–H and O–H groups in total. The Morgan fingerprint density at radius 1 is 1.27 bits per heavy atom. The van der Waals surface area contributed by atoms with Crippen molar-refractivity contribution in [2.45, 2.75) is 52.4 Å². The lowest BCUT2D eigenvalue weighted by molar-refractivity contribution is -0.192. The number of fused-ring (bicyclic) bond motifs is 1. The second-order valence-corrected chi connectivity index (χ2v) is 7.44.